The van der Waals surface area contributed by atoms with Gasteiger partial charge >= 0.3 is 6.18 Å². The third-order valence-electron chi connectivity index (χ3n) is 1.56. The van der Waals surface area contributed by atoms with Crippen molar-refractivity contribution >= 4 is 18.7 Å². The minimum absolute atomic E-state index is 0.0639. The molecule has 0 amide bonds. The molecule has 0 bridgehead atoms. The average Bonchev–Trinajstić information content (AvgIpc) is 2.14. The highest BCUT2D eigenvalue weighted by atomic mass is 32.1. The van der Waals surface area contributed by atoms with Crippen LogP contribution >= 0.6 is 12.6 Å². The van der Waals surface area contributed by atoms with E-state index in [0.29, 0.717) is 5.75 Å². The summed E-state index contributed by atoms with van der Waals surface area (Å²) in [6.07, 6.45) is 0.876. The fourth-order valence-corrected chi connectivity index (χ4v) is 1.08. The van der Waals surface area contributed by atoms with E-state index in [1.54, 1.807) is 0 Å². The predicted octanol–water partition coefficient (Wildman–Crippen LogP) is 3.04. The Morgan fingerprint density at radius 1 is 1.43 bits per heavy atom. The Morgan fingerprint density at radius 2 is 2.14 bits per heavy atom. The van der Waals surface area contributed by atoms with Crippen LogP contribution in [0, 0.1) is 0 Å². The van der Waals surface area contributed by atoms with Gasteiger partial charge in [0.25, 0.3) is 0 Å². The maximum atomic E-state index is 12.4. The van der Waals surface area contributed by atoms with E-state index in [0.717, 1.165) is 12.3 Å². The van der Waals surface area contributed by atoms with Crippen molar-refractivity contribution in [1.29, 1.82) is 0 Å². The second-order valence-electron chi connectivity index (χ2n) is 2.55. The topological polar surface area (TPSA) is 12.9 Å². The molecule has 0 radical (unpaired) electrons. The van der Waals surface area contributed by atoms with Gasteiger partial charge in [0, 0.05) is 23.7 Å². The molecule has 0 aliphatic rings. The van der Waals surface area contributed by atoms with Gasteiger partial charge in [0.15, 0.2) is 0 Å². The lowest BCUT2D eigenvalue weighted by atomic mass is 10.1. The molecule has 0 fully saturated rings. The third-order valence-corrected chi connectivity index (χ3v) is 1.77. The number of halogens is 3. The Balaban J connectivity index is 3.10. The standard InChI is InChI=1S/C9H8F3NS/c10-9(11,12)8-3-4-13-6-7(8)2-1-5-14/h1-4,6,14H,5H2. The van der Waals surface area contributed by atoms with Crippen LogP contribution in [0.4, 0.5) is 13.2 Å². The van der Waals surface area contributed by atoms with Crippen LogP contribution in [0.15, 0.2) is 24.5 Å². The molecule has 1 heterocycles. The summed E-state index contributed by atoms with van der Waals surface area (Å²) in [6.45, 7) is 0. The zero-order valence-corrected chi connectivity index (χ0v) is 8.02. The minimum Gasteiger partial charge on any atom is -0.264 e. The van der Waals surface area contributed by atoms with Crippen LogP contribution in [-0.2, 0) is 6.18 Å². The van der Waals surface area contributed by atoms with E-state index in [1.807, 2.05) is 0 Å². The van der Waals surface area contributed by atoms with Crippen LogP contribution in [0.5, 0.6) is 0 Å². The summed E-state index contributed by atoms with van der Waals surface area (Å²) in [6, 6.07) is 0.957. The van der Waals surface area contributed by atoms with Crippen molar-refractivity contribution in [2.24, 2.45) is 0 Å². The number of pyridine rings is 1. The Morgan fingerprint density at radius 3 is 2.71 bits per heavy atom. The van der Waals surface area contributed by atoms with Gasteiger partial charge in [-0.2, -0.15) is 25.8 Å². The van der Waals surface area contributed by atoms with Crippen LogP contribution in [0.1, 0.15) is 11.1 Å². The number of rotatable bonds is 2. The van der Waals surface area contributed by atoms with Crippen LogP contribution in [0.25, 0.3) is 6.08 Å². The Bertz CT molecular complexity index is 333. The highest BCUT2D eigenvalue weighted by molar-refractivity contribution is 7.80. The molecule has 0 saturated carbocycles. The van der Waals surface area contributed by atoms with Crippen molar-refractivity contribution in [3.8, 4) is 0 Å². The minimum atomic E-state index is -4.33. The van der Waals surface area contributed by atoms with Gasteiger partial charge in [-0.3, -0.25) is 4.98 Å². The number of nitrogens with zero attached hydrogens (tertiary/aromatic N) is 1. The van der Waals surface area contributed by atoms with Crippen LogP contribution in [0.3, 0.4) is 0 Å². The van der Waals surface area contributed by atoms with Crippen molar-refractivity contribution in [1.82, 2.24) is 4.98 Å². The Labute approximate surface area is 85.1 Å². The lowest BCUT2D eigenvalue weighted by Crippen LogP contribution is -2.07. The maximum absolute atomic E-state index is 12.4. The van der Waals surface area contributed by atoms with Gasteiger partial charge in [0.2, 0.25) is 0 Å². The van der Waals surface area contributed by atoms with Gasteiger partial charge in [0.05, 0.1) is 5.56 Å². The fourth-order valence-electron chi connectivity index (χ4n) is 0.977. The largest absolute Gasteiger partial charge is 0.417 e. The first-order chi connectivity index (χ1) is 6.55. The van der Waals surface area contributed by atoms with Crippen LogP contribution < -0.4 is 0 Å². The summed E-state index contributed by atoms with van der Waals surface area (Å²) in [5.41, 5.74) is -0.611. The molecule has 0 N–H and O–H groups in total. The van der Waals surface area contributed by atoms with E-state index in [9.17, 15) is 13.2 Å². The average molecular weight is 219 g/mol. The van der Waals surface area contributed by atoms with E-state index < -0.39 is 11.7 Å². The van der Waals surface area contributed by atoms with E-state index in [2.05, 4.69) is 17.6 Å². The molecule has 0 aliphatic heterocycles. The zero-order chi connectivity index (χ0) is 10.6. The molecule has 0 unspecified atom stereocenters. The number of hydrogen-bond donors (Lipinski definition) is 1. The summed E-state index contributed by atoms with van der Waals surface area (Å²) < 4.78 is 37.2. The number of aromatic nitrogens is 1. The third kappa shape index (κ3) is 2.77. The molecule has 0 aliphatic carbocycles. The predicted molar refractivity (Wildman–Crippen MR) is 52.1 cm³/mol. The number of thiol groups is 1. The summed E-state index contributed by atoms with van der Waals surface area (Å²) in [7, 11) is 0. The summed E-state index contributed by atoms with van der Waals surface area (Å²) >= 11 is 3.87. The monoisotopic (exact) mass is 219 g/mol. The SMILES string of the molecule is FC(F)(F)c1ccncc1C=CCS. The first-order valence-corrected chi connectivity index (χ1v) is 4.47. The molecule has 0 saturated heterocycles. The zero-order valence-electron chi connectivity index (χ0n) is 7.12. The molecule has 14 heavy (non-hydrogen) atoms. The maximum Gasteiger partial charge on any atom is 0.417 e. The summed E-state index contributed by atoms with van der Waals surface area (Å²) in [5, 5.41) is 0. The molecular formula is C9H8F3NS. The Hall–Kier alpha value is -0.970. The highest BCUT2D eigenvalue weighted by Gasteiger charge is 2.32. The van der Waals surface area contributed by atoms with Gasteiger partial charge in [-0.1, -0.05) is 12.2 Å². The second-order valence-corrected chi connectivity index (χ2v) is 2.91. The molecule has 1 aromatic rings. The first kappa shape index (κ1) is 11.1. The van der Waals surface area contributed by atoms with Gasteiger partial charge in [-0.05, 0) is 6.07 Å². The van der Waals surface area contributed by atoms with Crippen molar-refractivity contribution in [3.63, 3.8) is 0 Å². The van der Waals surface area contributed by atoms with Gasteiger partial charge < -0.3 is 0 Å². The molecule has 76 valence electrons. The van der Waals surface area contributed by atoms with Gasteiger partial charge in [-0.25, -0.2) is 0 Å². The smallest absolute Gasteiger partial charge is 0.264 e. The molecular weight excluding hydrogens is 211 g/mol. The molecule has 0 aromatic carbocycles. The molecule has 1 aromatic heterocycles. The molecule has 0 spiro atoms. The normalized spacial score (nSPS) is 12.3. The second kappa shape index (κ2) is 4.50. The van der Waals surface area contributed by atoms with E-state index in [4.69, 9.17) is 0 Å². The molecule has 5 heteroatoms. The molecule has 0 atom stereocenters. The highest BCUT2D eigenvalue weighted by Crippen LogP contribution is 2.31. The van der Waals surface area contributed by atoms with Gasteiger partial charge in [0.1, 0.15) is 0 Å². The van der Waals surface area contributed by atoms with Crippen molar-refractivity contribution in [2.75, 3.05) is 5.75 Å². The first-order valence-electron chi connectivity index (χ1n) is 3.84. The number of alkyl halides is 3. The van der Waals surface area contributed by atoms with E-state index >= 15 is 0 Å². The van der Waals surface area contributed by atoms with E-state index in [1.165, 1.54) is 18.3 Å². The summed E-state index contributed by atoms with van der Waals surface area (Å²) in [4.78, 5) is 3.64. The van der Waals surface area contributed by atoms with Crippen LogP contribution in [0.2, 0.25) is 0 Å². The van der Waals surface area contributed by atoms with Gasteiger partial charge in [-0.15, -0.1) is 0 Å². The lowest BCUT2D eigenvalue weighted by molar-refractivity contribution is -0.137. The fraction of sp³-hybridized carbons (Fsp3) is 0.222. The van der Waals surface area contributed by atoms with Crippen LogP contribution in [-0.4, -0.2) is 10.7 Å². The van der Waals surface area contributed by atoms with Crippen molar-refractivity contribution in [2.45, 2.75) is 6.18 Å². The van der Waals surface area contributed by atoms with Crippen molar-refractivity contribution in [3.05, 3.63) is 35.7 Å². The molecule has 1 rings (SSSR count). The number of hydrogen-bond acceptors (Lipinski definition) is 2. The van der Waals surface area contributed by atoms with E-state index in [-0.39, 0.29) is 5.56 Å². The van der Waals surface area contributed by atoms with Crippen molar-refractivity contribution < 1.29 is 13.2 Å². The summed E-state index contributed by atoms with van der Waals surface area (Å²) in [5.74, 6) is 0.395. The quantitative estimate of drug-likeness (QED) is 0.754. The molecule has 1 nitrogen and oxygen atoms in total. The Kier molecular flexibility index (Phi) is 3.57. The lowest BCUT2D eigenvalue weighted by Gasteiger charge is -2.08.